The number of unbranched alkanes of at least 4 members (excludes halogenated alkanes) is 1. The lowest BCUT2D eigenvalue weighted by Gasteiger charge is -2.11. The minimum Gasteiger partial charge on any atom is -0.357 e. The molecule has 0 saturated heterocycles. The number of aliphatic imine (C=N–C) groups is 1. The number of guanidine groups is 1. The number of nitrogens with zero attached hydrogens (tertiary/aromatic N) is 5. The molecule has 2 heterocycles. The van der Waals surface area contributed by atoms with E-state index in [9.17, 15) is 0 Å². The fraction of sp³-hybridized carbons (Fsp3) is 0.588. The van der Waals surface area contributed by atoms with E-state index in [1.165, 1.54) is 0 Å². The fourth-order valence-corrected chi connectivity index (χ4v) is 2.45. The van der Waals surface area contributed by atoms with Crippen LogP contribution in [0.5, 0.6) is 0 Å². The molecule has 0 amide bonds. The Bertz CT molecular complexity index is 592. The fourth-order valence-electron chi connectivity index (χ4n) is 2.45. The van der Waals surface area contributed by atoms with E-state index < -0.39 is 0 Å². The molecule has 0 aliphatic carbocycles. The van der Waals surface area contributed by atoms with Crippen molar-refractivity contribution < 1.29 is 0 Å². The van der Waals surface area contributed by atoms with Crippen LogP contribution in [0.2, 0.25) is 0 Å². The second-order valence-corrected chi connectivity index (χ2v) is 5.69. The molecule has 25 heavy (non-hydrogen) atoms. The first-order valence-electron chi connectivity index (χ1n) is 8.77. The second kappa shape index (κ2) is 12.7. The van der Waals surface area contributed by atoms with Crippen LogP contribution >= 0.6 is 24.0 Å². The van der Waals surface area contributed by atoms with Crippen LogP contribution < -0.4 is 10.6 Å². The lowest BCUT2D eigenvalue weighted by atomic mass is 10.3. The normalized spacial score (nSPS) is 11.2. The van der Waals surface area contributed by atoms with Gasteiger partial charge in [-0.2, -0.15) is 5.10 Å². The standard InChI is InChI=1S/C17H29N7.HI/c1-3-18-17(21-9-6-13-24-14-7-10-22-24)20-8-4-5-12-23-15-11-19-16(23)2;/h7,10-11,14-15H,3-6,8-9,12-13H2,1-2H3,(H2,18,20,21);1H. The molecule has 0 spiro atoms. The summed E-state index contributed by atoms with van der Waals surface area (Å²) < 4.78 is 4.13. The van der Waals surface area contributed by atoms with Gasteiger partial charge in [0.2, 0.25) is 0 Å². The predicted molar refractivity (Wildman–Crippen MR) is 112 cm³/mol. The molecular weight excluding hydrogens is 429 g/mol. The van der Waals surface area contributed by atoms with Gasteiger partial charge in [-0.3, -0.25) is 9.67 Å². The monoisotopic (exact) mass is 459 g/mol. The SMILES string of the molecule is CCNC(=NCCCn1cccn1)NCCCCn1ccnc1C.I. The number of hydrogen-bond acceptors (Lipinski definition) is 3. The maximum Gasteiger partial charge on any atom is 0.191 e. The van der Waals surface area contributed by atoms with Crippen molar-refractivity contribution >= 4 is 29.9 Å². The van der Waals surface area contributed by atoms with E-state index in [4.69, 9.17) is 0 Å². The molecular formula is C17H30IN7. The largest absolute Gasteiger partial charge is 0.357 e. The third-order valence-electron chi connectivity index (χ3n) is 3.76. The molecule has 0 aliphatic rings. The first kappa shape index (κ1) is 21.5. The third-order valence-corrected chi connectivity index (χ3v) is 3.76. The molecule has 2 aromatic rings. The number of halogens is 1. The van der Waals surface area contributed by atoms with Gasteiger partial charge in [-0.15, -0.1) is 24.0 Å². The van der Waals surface area contributed by atoms with Crippen LogP contribution in [0.25, 0.3) is 0 Å². The summed E-state index contributed by atoms with van der Waals surface area (Å²) in [4.78, 5) is 8.85. The number of nitrogens with one attached hydrogen (secondary N) is 2. The first-order valence-corrected chi connectivity index (χ1v) is 8.77. The molecule has 0 bridgehead atoms. The molecule has 8 heteroatoms. The molecule has 0 aromatic carbocycles. The Balaban J connectivity index is 0.00000312. The van der Waals surface area contributed by atoms with Gasteiger partial charge in [0.15, 0.2) is 5.96 Å². The third kappa shape index (κ3) is 8.37. The molecule has 2 aromatic heterocycles. The molecule has 0 saturated carbocycles. The number of aryl methyl sites for hydroxylation is 3. The smallest absolute Gasteiger partial charge is 0.191 e. The molecule has 2 rings (SSSR count). The summed E-state index contributed by atoms with van der Waals surface area (Å²) in [6.07, 6.45) is 10.9. The highest BCUT2D eigenvalue weighted by Gasteiger charge is 1.99. The highest BCUT2D eigenvalue weighted by molar-refractivity contribution is 14.0. The Kier molecular flexibility index (Phi) is 10.9. The summed E-state index contributed by atoms with van der Waals surface area (Å²) in [6.45, 7) is 8.65. The predicted octanol–water partition coefficient (Wildman–Crippen LogP) is 2.43. The number of rotatable bonds is 10. The maximum absolute atomic E-state index is 4.61. The van der Waals surface area contributed by atoms with Crippen molar-refractivity contribution in [1.82, 2.24) is 30.0 Å². The summed E-state index contributed by atoms with van der Waals surface area (Å²) in [5, 5.41) is 10.9. The molecule has 7 nitrogen and oxygen atoms in total. The highest BCUT2D eigenvalue weighted by Crippen LogP contribution is 1.99. The van der Waals surface area contributed by atoms with Crippen molar-refractivity contribution in [3.8, 4) is 0 Å². The molecule has 0 atom stereocenters. The van der Waals surface area contributed by atoms with Gasteiger partial charge in [0.05, 0.1) is 0 Å². The Morgan fingerprint density at radius 3 is 2.68 bits per heavy atom. The van der Waals surface area contributed by atoms with Crippen LogP contribution in [0.3, 0.4) is 0 Å². The quantitative estimate of drug-likeness (QED) is 0.248. The van der Waals surface area contributed by atoms with Gasteiger partial charge >= 0.3 is 0 Å². The zero-order chi connectivity index (χ0) is 17.0. The van der Waals surface area contributed by atoms with E-state index >= 15 is 0 Å². The second-order valence-electron chi connectivity index (χ2n) is 5.69. The molecule has 0 aliphatic heterocycles. The lowest BCUT2D eigenvalue weighted by molar-refractivity contribution is 0.579. The zero-order valence-corrected chi connectivity index (χ0v) is 17.5. The Labute approximate surface area is 167 Å². The Morgan fingerprint density at radius 1 is 1.12 bits per heavy atom. The van der Waals surface area contributed by atoms with Crippen LogP contribution in [0.1, 0.15) is 32.0 Å². The van der Waals surface area contributed by atoms with E-state index in [0.29, 0.717) is 0 Å². The number of hydrogen-bond donors (Lipinski definition) is 2. The van der Waals surface area contributed by atoms with E-state index in [0.717, 1.165) is 63.8 Å². The minimum absolute atomic E-state index is 0. The van der Waals surface area contributed by atoms with Crippen molar-refractivity contribution in [2.45, 2.75) is 46.2 Å². The summed E-state index contributed by atoms with van der Waals surface area (Å²) in [5.41, 5.74) is 0. The van der Waals surface area contributed by atoms with Gasteiger partial charge in [-0.05, 0) is 39.2 Å². The van der Waals surface area contributed by atoms with Gasteiger partial charge in [0.25, 0.3) is 0 Å². The van der Waals surface area contributed by atoms with Gasteiger partial charge in [-0.1, -0.05) is 0 Å². The van der Waals surface area contributed by atoms with E-state index in [-0.39, 0.29) is 24.0 Å². The van der Waals surface area contributed by atoms with Crippen LogP contribution in [-0.4, -0.2) is 44.9 Å². The van der Waals surface area contributed by atoms with E-state index in [1.54, 1.807) is 6.20 Å². The molecule has 0 radical (unpaired) electrons. The van der Waals surface area contributed by atoms with Crippen molar-refractivity contribution in [2.24, 2.45) is 4.99 Å². The van der Waals surface area contributed by atoms with Crippen LogP contribution in [0, 0.1) is 6.92 Å². The van der Waals surface area contributed by atoms with Crippen molar-refractivity contribution in [3.05, 3.63) is 36.7 Å². The summed E-state index contributed by atoms with van der Waals surface area (Å²) in [6, 6.07) is 1.94. The zero-order valence-electron chi connectivity index (χ0n) is 15.2. The molecule has 0 unspecified atom stereocenters. The molecule has 0 fully saturated rings. The Morgan fingerprint density at radius 2 is 2.00 bits per heavy atom. The average molecular weight is 459 g/mol. The minimum atomic E-state index is 0. The van der Waals surface area contributed by atoms with Crippen molar-refractivity contribution in [1.29, 1.82) is 0 Å². The van der Waals surface area contributed by atoms with Gasteiger partial charge in [0, 0.05) is 57.5 Å². The Hall–Kier alpha value is -1.58. The van der Waals surface area contributed by atoms with E-state index in [1.807, 2.05) is 36.3 Å². The van der Waals surface area contributed by atoms with Crippen molar-refractivity contribution in [2.75, 3.05) is 19.6 Å². The lowest BCUT2D eigenvalue weighted by Crippen LogP contribution is -2.38. The van der Waals surface area contributed by atoms with Gasteiger partial charge in [-0.25, -0.2) is 4.98 Å². The van der Waals surface area contributed by atoms with Crippen molar-refractivity contribution in [3.63, 3.8) is 0 Å². The van der Waals surface area contributed by atoms with E-state index in [2.05, 4.69) is 37.2 Å². The number of aromatic nitrogens is 4. The molecule has 2 N–H and O–H groups in total. The average Bonchev–Trinajstić information content (AvgIpc) is 3.23. The van der Waals surface area contributed by atoms with Gasteiger partial charge in [0.1, 0.15) is 5.82 Å². The van der Waals surface area contributed by atoms with Crippen LogP contribution in [-0.2, 0) is 13.1 Å². The topological polar surface area (TPSA) is 72.1 Å². The summed E-state index contributed by atoms with van der Waals surface area (Å²) in [5.74, 6) is 1.98. The maximum atomic E-state index is 4.61. The highest BCUT2D eigenvalue weighted by atomic mass is 127. The summed E-state index contributed by atoms with van der Waals surface area (Å²) in [7, 11) is 0. The first-order chi connectivity index (χ1) is 11.8. The summed E-state index contributed by atoms with van der Waals surface area (Å²) >= 11 is 0. The van der Waals surface area contributed by atoms with Crippen LogP contribution in [0.4, 0.5) is 0 Å². The number of imidazole rings is 1. The van der Waals surface area contributed by atoms with Crippen LogP contribution in [0.15, 0.2) is 35.8 Å². The van der Waals surface area contributed by atoms with Gasteiger partial charge < -0.3 is 15.2 Å². The molecule has 140 valence electrons.